The molecule has 5 heteroatoms. The Morgan fingerprint density at radius 3 is 1.43 bits per heavy atom. The van der Waals surface area contributed by atoms with Crippen LogP contribution >= 0.6 is 12.2 Å². The summed E-state index contributed by atoms with van der Waals surface area (Å²) in [5, 5.41) is 6.95. The van der Waals surface area contributed by atoms with Crippen LogP contribution in [0.3, 0.4) is 0 Å². The van der Waals surface area contributed by atoms with Crippen LogP contribution in [0.4, 0.5) is 11.4 Å². The lowest BCUT2D eigenvalue weighted by Crippen LogP contribution is -2.18. The summed E-state index contributed by atoms with van der Waals surface area (Å²) in [5.74, 6) is 3.15. The van der Waals surface area contributed by atoms with E-state index in [-0.39, 0.29) is 0 Å². The molecule has 2 atom stereocenters. The van der Waals surface area contributed by atoms with Crippen molar-refractivity contribution in [2.45, 2.75) is 53.4 Å². The second-order valence-electron chi connectivity index (χ2n) is 7.93. The topological polar surface area (TPSA) is 42.5 Å². The van der Waals surface area contributed by atoms with Crippen LogP contribution in [-0.4, -0.2) is 18.3 Å². The molecule has 0 aliphatic heterocycles. The van der Waals surface area contributed by atoms with Crippen LogP contribution in [0, 0.1) is 11.8 Å². The molecule has 0 fully saturated rings. The lowest BCUT2D eigenvalue weighted by atomic mass is 10.1. The minimum Gasteiger partial charge on any atom is -0.494 e. The standard InChI is InChI=1S/C25H36N2O2S/c1-5-19(3)15-17-28-23-11-7-21(8-12-23)26-25(30)27-22-9-13-24(14-10-22)29-18-16-20(4)6-2/h7-14,19-20H,5-6,15-18H2,1-4H3,(H2,26,27,30). The number of rotatable bonds is 12. The Labute approximate surface area is 187 Å². The molecule has 2 rings (SSSR count). The van der Waals surface area contributed by atoms with Crippen LogP contribution in [0.5, 0.6) is 11.5 Å². The van der Waals surface area contributed by atoms with Crippen LogP contribution in [-0.2, 0) is 0 Å². The Hall–Kier alpha value is -2.27. The summed E-state index contributed by atoms with van der Waals surface area (Å²) in [7, 11) is 0. The van der Waals surface area contributed by atoms with Crippen LogP contribution in [0.25, 0.3) is 0 Å². The van der Waals surface area contributed by atoms with Crippen LogP contribution < -0.4 is 20.1 Å². The lowest BCUT2D eigenvalue weighted by molar-refractivity contribution is 0.281. The van der Waals surface area contributed by atoms with Gasteiger partial charge in [0.05, 0.1) is 13.2 Å². The van der Waals surface area contributed by atoms with Crippen molar-refractivity contribution in [2.24, 2.45) is 11.8 Å². The average Bonchev–Trinajstić information content (AvgIpc) is 2.75. The summed E-state index contributed by atoms with van der Waals surface area (Å²) in [5.41, 5.74) is 1.85. The minimum atomic E-state index is 0.547. The van der Waals surface area contributed by atoms with Gasteiger partial charge in [0.15, 0.2) is 5.11 Å². The summed E-state index contributed by atoms with van der Waals surface area (Å²) in [6.45, 7) is 10.4. The Morgan fingerprint density at radius 2 is 1.10 bits per heavy atom. The van der Waals surface area contributed by atoms with E-state index in [9.17, 15) is 0 Å². The van der Waals surface area contributed by atoms with Crippen molar-refractivity contribution in [1.29, 1.82) is 0 Å². The van der Waals surface area contributed by atoms with Gasteiger partial charge in [0.1, 0.15) is 11.5 Å². The number of anilines is 2. The molecule has 30 heavy (non-hydrogen) atoms. The molecule has 0 bridgehead atoms. The molecule has 0 aliphatic carbocycles. The van der Waals surface area contributed by atoms with E-state index in [0.29, 0.717) is 16.9 Å². The highest BCUT2D eigenvalue weighted by molar-refractivity contribution is 7.80. The van der Waals surface area contributed by atoms with Crippen molar-refractivity contribution in [3.05, 3.63) is 48.5 Å². The number of hydrogen-bond acceptors (Lipinski definition) is 3. The Morgan fingerprint density at radius 1 is 0.733 bits per heavy atom. The SMILES string of the molecule is CCC(C)CCOc1ccc(NC(=S)Nc2ccc(OCCC(C)CC)cc2)cc1. The van der Waals surface area contributed by atoms with Crippen LogP contribution in [0.1, 0.15) is 53.4 Å². The van der Waals surface area contributed by atoms with E-state index in [4.69, 9.17) is 21.7 Å². The fourth-order valence-electron chi connectivity index (χ4n) is 2.73. The van der Waals surface area contributed by atoms with E-state index in [2.05, 4.69) is 38.3 Å². The molecule has 2 N–H and O–H groups in total. The summed E-state index contributed by atoms with van der Waals surface area (Å²) in [6.07, 6.45) is 4.52. The van der Waals surface area contributed by atoms with Gasteiger partial charge in [-0.15, -0.1) is 0 Å². The zero-order chi connectivity index (χ0) is 21.8. The number of benzene rings is 2. The molecule has 0 amide bonds. The second kappa shape index (κ2) is 13.1. The van der Waals surface area contributed by atoms with Crippen molar-refractivity contribution in [1.82, 2.24) is 0 Å². The summed E-state index contributed by atoms with van der Waals surface area (Å²) in [6, 6.07) is 15.8. The summed E-state index contributed by atoms with van der Waals surface area (Å²) >= 11 is 5.42. The predicted octanol–water partition coefficient (Wildman–Crippen LogP) is 7.13. The molecular formula is C25H36N2O2S. The summed E-state index contributed by atoms with van der Waals surface area (Å²) in [4.78, 5) is 0. The van der Waals surface area contributed by atoms with E-state index in [1.165, 1.54) is 12.8 Å². The maximum absolute atomic E-state index is 5.80. The molecule has 0 aromatic heterocycles. The molecule has 164 valence electrons. The molecule has 2 aromatic rings. The van der Waals surface area contributed by atoms with Crippen molar-refractivity contribution in [3.63, 3.8) is 0 Å². The zero-order valence-electron chi connectivity index (χ0n) is 18.7. The largest absolute Gasteiger partial charge is 0.494 e. The first-order chi connectivity index (χ1) is 14.5. The first-order valence-corrected chi connectivity index (χ1v) is 11.4. The molecule has 0 heterocycles. The van der Waals surface area contributed by atoms with E-state index in [0.717, 1.165) is 48.9 Å². The van der Waals surface area contributed by atoms with Crippen molar-refractivity contribution in [3.8, 4) is 11.5 Å². The molecular weight excluding hydrogens is 392 g/mol. The predicted molar refractivity (Wildman–Crippen MR) is 132 cm³/mol. The maximum Gasteiger partial charge on any atom is 0.175 e. The quantitative estimate of drug-likeness (QED) is 0.352. The van der Waals surface area contributed by atoms with Gasteiger partial charge in [0.25, 0.3) is 0 Å². The minimum absolute atomic E-state index is 0.547. The second-order valence-corrected chi connectivity index (χ2v) is 8.34. The third-order valence-corrected chi connectivity index (χ3v) is 5.58. The number of ether oxygens (including phenoxy) is 2. The fourth-order valence-corrected chi connectivity index (χ4v) is 2.96. The van der Waals surface area contributed by atoms with E-state index < -0.39 is 0 Å². The van der Waals surface area contributed by atoms with Crippen molar-refractivity contribution >= 4 is 28.7 Å². The first-order valence-electron chi connectivity index (χ1n) is 11.0. The zero-order valence-corrected chi connectivity index (χ0v) is 19.6. The molecule has 2 unspecified atom stereocenters. The third-order valence-electron chi connectivity index (χ3n) is 5.38. The molecule has 4 nitrogen and oxygen atoms in total. The molecule has 0 spiro atoms. The smallest absolute Gasteiger partial charge is 0.175 e. The van der Waals surface area contributed by atoms with Gasteiger partial charge in [-0.05, 0) is 85.4 Å². The maximum atomic E-state index is 5.80. The molecule has 2 aromatic carbocycles. The van der Waals surface area contributed by atoms with Gasteiger partial charge in [-0.1, -0.05) is 40.5 Å². The Kier molecular flexibility index (Phi) is 10.5. The Bertz CT molecular complexity index is 683. The van der Waals surface area contributed by atoms with Gasteiger partial charge in [0, 0.05) is 11.4 Å². The number of thiocarbonyl (C=S) groups is 1. The van der Waals surface area contributed by atoms with E-state index in [1.807, 2.05) is 48.5 Å². The highest BCUT2D eigenvalue weighted by atomic mass is 32.1. The van der Waals surface area contributed by atoms with Gasteiger partial charge >= 0.3 is 0 Å². The van der Waals surface area contributed by atoms with Gasteiger partial charge in [-0.3, -0.25) is 0 Å². The molecule has 0 aliphatic rings. The number of hydrogen-bond donors (Lipinski definition) is 2. The van der Waals surface area contributed by atoms with Gasteiger partial charge in [0.2, 0.25) is 0 Å². The van der Waals surface area contributed by atoms with Gasteiger partial charge < -0.3 is 20.1 Å². The number of nitrogens with one attached hydrogen (secondary N) is 2. The van der Waals surface area contributed by atoms with Gasteiger partial charge in [-0.25, -0.2) is 0 Å². The first kappa shape index (κ1) is 24.0. The third kappa shape index (κ3) is 9.04. The van der Waals surface area contributed by atoms with Crippen molar-refractivity contribution < 1.29 is 9.47 Å². The van der Waals surface area contributed by atoms with Crippen LogP contribution in [0.15, 0.2) is 48.5 Å². The van der Waals surface area contributed by atoms with Gasteiger partial charge in [-0.2, -0.15) is 0 Å². The fraction of sp³-hybridized carbons (Fsp3) is 0.480. The molecule has 0 saturated carbocycles. The van der Waals surface area contributed by atoms with Crippen LogP contribution in [0.2, 0.25) is 0 Å². The monoisotopic (exact) mass is 428 g/mol. The Balaban J connectivity index is 1.74. The summed E-state index contributed by atoms with van der Waals surface area (Å²) < 4.78 is 11.6. The highest BCUT2D eigenvalue weighted by Crippen LogP contribution is 2.19. The highest BCUT2D eigenvalue weighted by Gasteiger charge is 2.03. The van der Waals surface area contributed by atoms with Crippen molar-refractivity contribution in [2.75, 3.05) is 23.8 Å². The van der Waals surface area contributed by atoms with E-state index >= 15 is 0 Å². The molecule has 0 radical (unpaired) electrons. The molecule has 0 saturated heterocycles. The normalized spacial score (nSPS) is 12.7. The average molecular weight is 429 g/mol. The van der Waals surface area contributed by atoms with E-state index in [1.54, 1.807) is 0 Å². The lowest BCUT2D eigenvalue weighted by Gasteiger charge is -2.13.